The fourth-order valence-corrected chi connectivity index (χ4v) is 3.04. The maximum Gasteiger partial charge on any atom is 0.254 e. The summed E-state index contributed by atoms with van der Waals surface area (Å²) in [4.78, 5) is 21.5. The molecule has 0 fully saturated rings. The number of hydrogen-bond acceptors (Lipinski definition) is 3. The molecule has 0 aliphatic carbocycles. The van der Waals surface area contributed by atoms with Crippen molar-refractivity contribution in [2.45, 2.75) is 26.3 Å². The molecule has 1 aliphatic heterocycles. The van der Waals surface area contributed by atoms with Crippen molar-refractivity contribution in [3.63, 3.8) is 0 Å². The summed E-state index contributed by atoms with van der Waals surface area (Å²) in [6.45, 7) is 4.07. The quantitative estimate of drug-likeness (QED) is 0.924. The molecule has 4 nitrogen and oxygen atoms in total. The number of benzene rings is 1. The molecule has 0 radical (unpaired) electrons. The van der Waals surface area contributed by atoms with E-state index in [1.807, 2.05) is 0 Å². The van der Waals surface area contributed by atoms with Crippen molar-refractivity contribution in [2.75, 3.05) is 13.1 Å². The van der Waals surface area contributed by atoms with Gasteiger partial charge in [0, 0.05) is 31.6 Å². The van der Waals surface area contributed by atoms with Crippen LogP contribution < -0.4 is 5.56 Å². The van der Waals surface area contributed by atoms with Crippen LogP contribution in [0.1, 0.15) is 22.6 Å². The summed E-state index contributed by atoms with van der Waals surface area (Å²) in [5.41, 5.74) is 2.61. The molecule has 0 spiro atoms. The standard InChI is InChI=1S/C16H17ClFN3O/c1-10-19-15-5-7-21(6-4-12(15)16(22)20-10)9-11-2-3-14(18)13(17)8-11/h2-3,8H,4-7,9H2,1H3,(H,19,20,22). The summed E-state index contributed by atoms with van der Waals surface area (Å²) in [6.07, 6.45) is 1.42. The van der Waals surface area contributed by atoms with E-state index in [0.717, 1.165) is 36.3 Å². The van der Waals surface area contributed by atoms with Gasteiger partial charge in [-0.3, -0.25) is 9.69 Å². The number of nitrogens with one attached hydrogen (secondary N) is 1. The Balaban J connectivity index is 1.75. The zero-order valence-corrected chi connectivity index (χ0v) is 13.1. The van der Waals surface area contributed by atoms with Gasteiger partial charge in [0.25, 0.3) is 5.56 Å². The van der Waals surface area contributed by atoms with Crippen LogP contribution in [0.3, 0.4) is 0 Å². The van der Waals surface area contributed by atoms with E-state index in [2.05, 4.69) is 14.9 Å². The summed E-state index contributed by atoms with van der Waals surface area (Å²) in [6, 6.07) is 4.79. The van der Waals surface area contributed by atoms with Crippen LogP contribution in [0.5, 0.6) is 0 Å². The number of hydrogen-bond donors (Lipinski definition) is 1. The lowest BCUT2D eigenvalue weighted by Crippen LogP contribution is -2.26. The molecule has 1 aromatic carbocycles. The molecule has 1 aliphatic rings. The number of aromatic amines is 1. The number of nitrogens with zero attached hydrogens (tertiary/aromatic N) is 2. The molecule has 0 atom stereocenters. The van der Waals surface area contributed by atoms with Gasteiger partial charge in [0.1, 0.15) is 11.6 Å². The number of aromatic nitrogens is 2. The van der Waals surface area contributed by atoms with Gasteiger partial charge in [0.15, 0.2) is 0 Å². The lowest BCUT2D eigenvalue weighted by atomic mass is 10.1. The molecular weight excluding hydrogens is 305 g/mol. The van der Waals surface area contributed by atoms with Crippen molar-refractivity contribution in [1.82, 2.24) is 14.9 Å². The Kier molecular flexibility index (Phi) is 4.27. The van der Waals surface area contributed by atoms with E-state index < -0.39 is 5.82 Å². The van der Waals surface area contributed by atoms with Crippen LogP contribution in [-0.4, -0.2) is 28.0 Å². The molecule has 1 N–H and O–H groups in total. The SMILES string of the molecule is Cc1nc2c(c(=O)[nH]1)CCN(Cc1ccc(F)c(Cl)c1)CC2. The summed E-state index contributed by atoms with van der Waals surface area (Å²) < 4.78 is 13.2. The lowest BCUT2D eigenvalue weighted by Gasteiger charge is -2.19. The molecule has 1 aromatic heterocycles. The van der Waals surface area contributed by atoms with E-state index in [9.17, 15) is 9.18 Å². The Morgan fingerprint density at radius 1 is 1.36 bits per heavy atom. The van der Waals surface area contributed by atoms with E-state index in [1.165, 1.54) is 6.07 Å². The fraction of sp³-hybridized carbons (Fsp3) is 0.375. The Labute approximate surface area is 133 Å². The monoisotopic (exact) mass is 321 g/mol. The van der Waals surface area contributed by atoms with Crippen molar-refractivity contribution in [3.05, 3.63) is 62.0 Å². The third kappa shape index (κ3) is 3.20. The first-order valence-corrected chi connectivity index (χ1v) is 7.65. The van der Waals surface area contributed by atoms with Gasteiger partial charge in [-0.25, -0.2) is 9.37 Å². The lowest BCUT2D eigenvalue weighted by molar-refractivity contribution is 0.278. The van der Waals surface area contributed by atoms with Gasteiger partial charge < -0.3 is 4.98 Å². The molecule has 3 rings (SSSR count). The number of rotatable bonds is 2. The molecule has 2 heterocycles. The minimum atomic E-state index is -0.403. The first kappa shape index (κ1) is 15.2. The zero-order chi connectivity index (χ0) is 15.7. The number of aryl methyl sites for hydroxylation is 1. The highest BCUT2D eigenvalue weighted by molar-refractivity contribution is 6.30. The van der Waals surface area contributed by atoms with Crippen molar-refractivity contribution in [1.29, 1.82) is 0 Å². The van der Waals surface area contributed by atoms with Gasteiger partial charge in [-0.2, -0.15) is 0 Å². The average Bonchev–Trinajstić information content (AvgIpc) is 2.66. The molecule has 22 heavy (non-hydrogen) atoms. The largest absolute Gasteiger partial charge is 0.311 e. The van der Waals surface area contributed by atoms with Crippen molar-refractivity contribution < 1.29 is 4.39 Å². The smallest absolute Gasteiger partial charge is 0.254 e. The molecule has 0 amide bonds. The first-order valence-electron chi connectivity index (χ1n) is 7.28. The van der Waals surface area contributed by atoms with E-state index in [1.54, 1.807) is 19.1 Å². The van der Waals surface area contributed by atoms with Crippen LogP contribution >= 0.6 is 11.6 Å². The second-order valence-electron chi connectivity index (χ2n) is 5.60. The Hall–Kier alpha value is -1.72. The Bertz CT molecular complexity index is 760. The van der Waals surface area contributed by atoms with Gasteiger partial charge in [0.05, 0.1) is 10.7 Å². The average molecular weight is 322 g/mol. The zero-order valence-electron chi connectivity index (χ0n) is 12.3. The minimum Gasteiger partial charge on any atom is -0.311 e. The first-order chi connectivity index (χ1) is 10.5. The summed E-state index contributed by atoms with van der Waals surface area (Å²) >= 11 is 5.83. The summed E-state index contributed by atoms with van der Waals surface area (Å²) in [5.74, 6) is 0.252. The molecule has 0 bridgehead atoms. The number of halogens is 2. The van der Waals surface area contributed by atoms with E-state index in [-0.39, 0.29) is 10.6 Å². The van der Waals surface area contributed by atoms with E-state index in [4.69, 9.17) is 11.6 Å². The predicted molar refractivity (Wildman–Crippen MR) is 83.7 cm³/mol. The topological polar surface area (TPSA) is 49.0 Å². The maximum absolute atomic E-state index is 13.2. The molecule has 2 aromatic rings. The normalized spacial score (nSPS) is 15.4. The Morgan fingerprint density at radius 3 is 2.91 bits per heavy atom. The molecule has 0 saturated heterocycles. The van der Waals surface area contributed by atoms with Crippen LogP contribution in [0.25, 0.3) is 0 Å². The van der Waals surface area contributed by atoms with Gasteiger partial charge >= 0.3 is 0 Å². The highest BCUT2D eigenvalue weighted by Crippen LogP contribution is 2.18. The minimum absolute atomic E-state index is 0.0332. The third-order valence-electron chi connectivity index (χ3n) is 3.95. The van der Waals surface area contributed by atoms with Gasteiger partial charge in [-0.05, 0) is 31.0 Å². The van der Waals surface area contributed by atoms with E-state index >= 15 is 0 Å². The molecule has 0 unspecified atom stereocenters. The highest BCUT2D eigenvalue weighted by Gasteiger charge is 2.18. The second kappa shape index (κ2) is 6.18. The molecular formula is C16H17ClFN3O. The van der Waals surface area contributed by atoms with Crippen LogP contribution in [0.2, 0.25) is 5.02 Å². The fourth-order valence-electron chi connectivity index (χ4n) is 2.83. The van der Waals surface area contributed by atoms with E-state index in [0.29, 0.717) is 18.8 Å². The van der Waals surface area contributed by atoms with Gasteiger partial charge in [-0.1, -0.05) is 17.7 Å². The molecule has 116 valence electrons. The van der Waals surface area contributed by atoms with Crippen LogP contribution in [0, 0.1) is 12.7 Å². The summed E-state index contributed by atoms with van der Waals surface area (Å²) in [5, 5.41) is 0.143. The highest BCUT2D eigenvalue weighted by atomic mass is 35.5. The van der Waals surface area contributed by atoms with Crippen molar-refractivity contribution in [2.24, 2.45) is 0 Å². The van der Waals surface area contributed by atoms with Crippen molar-refractivity contribution >= 4 is 11.6 Å². The Morgan fingerprint density at radius 2 is 2.14 bits per heavy atom. The maximum atomic E-state index is 13.2. The van der Waals surface area contributed by atoms with Crippen molar-refractivity contribution in [3.8, 4) is 0 Å². The third-order valence-corrected chi connectivity index (χ3v) is 4.24. The van der Waals surface area contributed by atoms with Crippen LogP contribution in [-0.2, 0) is 19.4 Å². The predicted octanol–water partition coefficient (Wildman–Crippen LogP) is 2.47. The number of fused-ring (bicyclic) bond motifs is 1. The van der Waals surface area contributed by atoms with Crippen LogP contribution in [0.4, 0.5) is 4.39 Å². The second-order valence-corrected chi connectivity index (χ2v) is 6.01. The summed E-state index contributed by atoms with van der Waals surface area (Å²) in [7, 11) is 0. The number of H-pyrrole nitrogens is 1. The van der Waals surface area contributed by atoms with Gasteiger partial charge in [0.2, 0.25) is 0 Å². The van der Waals surface area contributed by atoms with Gasteiger partial charge in [-0.15, -0.1) is 0 Å². The molecule has 0 saturated carbocycles. The molecule has 6 heteroatoms. The van der Waals surface area contributed by atoms with Crippen LogP contribution in [0.15, 0.2) is 23.0 Å².